The number of nitrogens with zero attached hydrogens (tertiary/aromatic N) is 2. The SMILES string of the molecule is Cc1nn(Cc2cccc(Cl)c2)cc1C(=O)NCC1CCCC1O. The highest BCUT2D eigenvalue weighted by atomic mass is 35.5. The first kappa shape index (κ1) is 17.0. The summed E-state index contributed by atoms with van der Waals surface area (Å²) in [4.78, 5) is 12.4. The standard InChI is InChI=1S/C18H22ClN3O2/c1-12-16(18(24)20-9-14-5-3-7-17(14)23)11-22(21-12)10-13-4-2-6-15(19)8-13/h2,4,6,8,11,14,17,23H,3,5,7,9-10H2,1H3,(H,20,24). The minimum Gasteiger partial charge on any atom is -0.393 e. The Morgan fingerprint density at radius 1 is 1.46 bits per heavy atom. The third kappa shape index (κ3) is 3.97. The van der Waals surface area contributed by atoms with E-state index in [9.17, 15) is 9.90 Å². The van der Waals surface area contributed by atoms with E-state index in [4.69, 9.17) is 11.6 Å². The van der Waals surface area contributed by atoms with Crippen molar-refractivity contribution in [1.82, 2.24) is 15.1 Å². The Balaban J connectivity index is 1.63. The van der Waals surface area contributed by atoms with Gasteiger partial charge in [-0.15, -0.1) is 0 Å². The van der Waals surface area contributed by atoms with E-state index < -0.39 is 0 Å². The Kier molecular flexibility index (Phi) is 5.21. The van der Waals surface area contributed by atoms with Crippen molar-refractivity contribution in [3.05, 3.63) is 52.3 Å². The molecular formula is C18H22ClN3O2. The summed E-state index contributed by atoms with van der Waals surface area (Å²) in [6.07, 6.45) is 4.29. The first-order valence-corrected chi connectivity index (χ1v) is 8.65. The molecule has 0 saturated heterocycles. The molecule has 0 aliphatic heterocycles. The number of hydrogen-bond acceptors (Lipinski definition) is 3. The third-order valence-corrected chi connectivity index (χ3v) is 4.80. The number of aryl methyl sites for hydroxylation is 1. The van der Waals surface area contributed by atoms with Crippen molar-refractivity contribution in [3.8, 4) is 0 Å². The predicted octanol–water partition coefficient (Wildman–Crippen LogP) is 2.78. The van der Waals surface area contributed by atoms with Crippen LogP contribution in [-0.4, -0.2) is 33.4 Å². The van der Waals surface area contributed by atoms with Crippen LogP contribution in [0.2, 0.25) is 5.02 Å². The highest BCUT2D eigenvalue weighted by Crippen LogP contribution is 2.24. The number of aromatic nitrogens is 2. The highest BCUT2D eigenvalue weighted by Gasteiger charge is 2.26. The van der Waals surface area contributed by atoms with Gasteiger partial charge in [0.25, 0.3) is 5.91 Å². The average molecular weight is 348 g/mol. The van der Waals surface area contributed by atoms with E-state index in [2.05, 4.69) is 10.4 Å². The van der Waals surface area contributed by atoms with Crippen LogP contribution < -0.4 is 5.32 Å². The highest BCUT2D eigenvalue weighted by molar-refractivity contribution is 6.30. The average Bonchev–Trinajstić information content (AvgIpc) is 3.10. The Hall–Kier alpha value is -1.85. The predicted molar refractivity (Wildman–Crippen MR) is 93.2 cm³/mol. The topological polar surface area (TPSA) is 67.2 Å². The van der Waals surface area contributed by atoms with Crippen molar-refractivity contribution < 1.29 is 9.90 Å². The maximum atomic E-state index is 12.4. The summed E-state index contributed by atoms with van der Waals surface area (Å²) in [7, 11) is 0. The molecule has 2 unspecified atom stereocenters. The lowest BCUT2D eigenvalue weighted by atomic mass is 10.1. The van der Waals surface area contributed by atoms with Crippen molar-refractivity contribution in [2.24, 2.45) is 5.92 Å². The van der Waals surface area contributed by atoms with E-state index in [1.165, 1.54) is 0 Å². The molecule has 2 atom stereocenters. The van der Waals surface area contributed by atoms with Crippen LogP contribution in [0.3, 0.4) is 0 Å². The lowest BCUT2D eigenvalue weighted by Crippen LogP contribution is -2.32. The van der Waals surface area contributed by atoms with Crippen LogP contribution in [0.4, 0.5) is 0 Å². The fraction of sp³-hybridized carbons (Fsp3) is 0.444. The number of carbonyl (C=O) groups is 1. The van der Waals surface area contributed by atoms with Crippen molar-refractivity contribution in [2.45, 2.75) is 38.8 Å². The van der Waals surface area contributed by atoms with Gasteiger partial charge in [-0.1, -0.05) is 30.2 Å². The first-order chi connectivity index (χ1) is 11.5. The maximum Gasteiger partial charge on any atom is 0.254 e. The van der Waals surface area contributed by atoms with E-state index >= 15 is 0 Å². The molecule has 1 saturated carbocycles. The van der Waals surface area contributed by atoms with E-state index in [1.54, 1.807) is 10.9 Å². The van der Waals surface area contributed by atoms with Crippen LogP contribution in [0.25, 0.3) is 0 Å². The zero-order valence-corrected chi connectivity index (χ0v) is 14.5. The zero-order chi connectivity index (χ0) is 17.1. The minimum absolute atomic E-state index is 0.135. The number of carbonyl (C=O) groups excluding carboxylic acids is 1. The van der Waals surface area contributed by atoms with Crippen molar-refractivity contribution in [3.63, 3.8) is 0 Å². The summed E-state index contributed by atoms with van der Waals surface area (Å²) in [5.74, 6) is 0.0275. The fourth-order valence-corrected chi connectivity index (χ4v) is 3.43. The van der Waals surface area contributed by atoms with Gasteiger partial charge in [0.1, 0.15) is 0 Å². The number of halogens is 1. The van der Waals surface area contributed by atoms with E-state index in [0.717, 1.165) is 24.8 Å². The number of aliphatic hydroxyl groups excluding tert-OH is 1. The van der Waals surface area contributed by atoms with E-state index in [-0.39, 0.29) is 17.9 Å². The summed E-state index contributed by atoms with van der Waals surface area (Å²) in [6.45, 7) is 2.91. The normalized spacial score (nSPS) is 20.3. The Morgan fingerprint density at radius 3 is 3.00 bits per heavy atom. The molecule has 2 aromatic rings. The van der Waals surface area contributed by atoms with Crippen molar-refractivity contribution in [1.29, 1.82) is 0 Å². The maximum absolute atomic E-state index is 12.4. The van der Waals surface area contributed by atoms with Gasteiger partial charge >= 0.3 is 0 Å². The molecule has 0 spiro atoms. The number of aliphatic hydroxyl groups is 1. The van der Waals surface area contributed by atoms with Crippen LogP contribution in [-0.2, 0) is 6.54 Å². The molecule has 24 heavy (non-hydrogen) atoms. The molecule has 1 aliphatic carbocycles. The first-order valence-electron chi connectivity index (χ1n) is 8.27. The molecule has 0 radical (unpaired) electrons. The van der Waals surface area contributed by atoms with Gasteiger partial charge in [0.15, 0.2) is 0 Å². The van der Waals surface area contributed by atoms with Gasteiger partial charge in [0.2, 0.25) is 0 Å². The van der Waals surface area contributed by atoms with Crippen LogP contribution in [0, 0.1) is 12.8 Å². The third-order valence-electron chi connectivity index (χ3n) is 4.57. The van der Waals surface area contributed by atoms with Gasteiger partial charge in [-0.25, -0.2) is 0 Å². The molecule has 6 heteroatoms. The van der Waals surface area contributed by atoms with Gasteiger partial charge in [0.05, 0.1) is 23.9 Å². The Labute approximate surface area is 146 Å². The number of nitrogens with one attached hydrogen (secondary N) is 1. The van der Waals surface area contributed by atoms with Crippen LogP contribution in [0.1, 0.15) is 40.9 Å². The molecule has 1 heterocycles. The lowest BCUT2D eigenvalue weighted by molar-refractivity contribution is 0.0916. The Bertz CT molecular complexity index is 729. The fourth-order valence-electron chi connectivity index (χ4n) is 3.22. The molecule has 5 nitrogen and oxygen atoms in total. The summed E-state index contributed by atoms with van der Waals surface area (Å²) in [6, 6.07) is 7.59. The summed E-state index contributed by atoms with van der Waals surface area (Å²) >= 11 is 6.00. The largest absolute Gasteiger partial charge is 0.393 e. The molecule has 1 amide bonds. The van der Waals surface area contributed by atoms with Gasteiger partial charge in [-0.3, -0.25) is 9.48 Å². The minimum atomic E-state index is -0.294. The van der Waals surface area contributed by atoms with E-state index in [0.29, 0.717) is 29.4 Å². The van der Waals surface area contributed by atoms with Gasteiger partial charge in [-0.05, 0) is 37.5 Å². The van der Waals surface area contributed by atoms with Crippen molar-refractivity contribution >= 4 is 17.5 Å². The molecule has 2 N–H and O–H groups in total. The quantitative estimate of drug-likeness (QED) is 0.874. The Morgan fingerprint density at radius 2 is 2.29 bits per heavy atom. The molecule has 1 aromatic heterocycles. The molecule has 1 aliphatic rings. The second-order valence-corrected chi connectivity index (χ2v) is 6.86. The molecule has 1 fully saturated rings. The zero-order valence-electron chi connectivity index (χ0n) is 13.7. The molecular weight excluding hydrogens is 326 g/mol. The van der Waals surface area contributed by atoms with Crippen LogP contribution in [0.5, 0.6) is 0 Å². The summed E-state index contributed by atoms with van der Waals surface area (Å²) in [5.41, 5.74) is 2.30. The van der Waals surface area contributed by atoms with Gasteiger partial charge in [-0.2, -0.15) is 5.10 Å². The number of benzene rings is 1. The molecule has 0 bridgehead atoms. The smallest absolute Gasteiger partial charge is 0.254 e. The number of rotatable bonds is 5. The van der Waals surface area contributed by atoms with E-state index in [1.807, 2.05) is 31.2 Å². The van der Waals surface area contributed by atoms with Gasteiger partial charge < -0.3 is 10.4 Å². The van der Waals surface area contributed by atoms with Crippen LogP contribution in [0.15, 0.2) is 30.5 Å². The van der Waals surface area contributed by atoms with Gasteiger partial charge in [0, 0.05) is 23.7 Å². The summed E-state index contributed by atoms with van der Waals surface area (Å²) < 4.78 is 1.75. The summed E-state index contributed by atoms with van der Waals surface area (Å²) in [5, 5.41) is 17.9. The van der Waals surface area contributed by atoms with Crippen molar-refractivity contribution in [2.75, 3.05) is 6.54 Å². The number of amides is 1. The van der Waals surface area contributed by atoms with Crippen LogP contribution >= 0.6 is 11.6 Å². The second kappa shape index (κ2) is 7.36. The monoisotopic (exact) mass is 347 g/mol. The second-order valence-electron chi connectivity index (χ2n) is 6.42. The number of hydrogen-bond donors (Lipinski definition) is 2. The lowest BCUT2D eigenvalue weighted by Gasteiger charge is -2.14. The molecule has 128 valence electrons. The molecule has 3 rings (SSSR count). The molecule has 1 aromatic carbocycles.